The molecule has 0 amide bonds. The van der Waals surface area contributed by atoms with E-state index in [0.29, 0.717) is 0 Å². The van der Waals surface area contributed by atoms with Crippen LogP contribution in [0.2, 0.25) is 0 Å². The van der Waals surface area contributed by atoms with Crippen molar-refractivity contribution in [3.63, 3.8) is 0 Å². The lowest BCUT2D eigenvalue weighted by Gasteiger charge is -2.25. The molecule has 0 heterocycles. The van der Waals surface area contributed by atoms with E-state index in [2.05, 4.69) is 4.74 Å². The van der Waals surface area contributed by atoms with Gasteiger partial charge >= 0.3 is 30.4 Å². The van der Waals surface area contributed by atoms with Crippen LogP contribution in [0.1, 0.15) is 0 Å². The lowest BCUT2D eigenvalue weighted by molar-refractivity contribution is -0.354. The standard InChI is InChI=1S/C7H4F6O4/c8-5(9)6(10,7(11,12)13)17-4(16)2-1-3(14)15/h1-2,5H,(H,14,15). The van der Waals surface area contributed by atoms with Crippen molar-refractivity contribution in [3.8, 4) is 0 Å². The number of carboxylic acids is 1. The van der Waals surface area contributed by atoms with Gasteiger partial charge in [-0.2, -0.15) is 17.6 Å². The van der Waals surface area contributed by atoms with Crippen molar-refractivity contribution in [1.29, 1.82) is 0 Å². The molecule has 0 saturated heterocycles. The summed E-state index contributed by atoms with van der Waals surface area (Å²) in [6.45, 7) is 0. The van der Waals surface area contributed by atoms with Crippen LogP contribution in [0.3, 0.4) is 0 Å². The third-order valence-electron chi connectivity index (χ3n) is 1.28. The molecule has 98 valence electrons. The monoisotopic (exact) mass is 266 g/mol. The summed E-state index contributed by atoms with van der Waals surface area (Å²) < 4.78 is 74.8. The average Bonchev–Trinajstić information content (AvgIpc) is 2.12. The van der Waals surface area contributed by atoms with E-state index in [-0.39, 0.29) is 12.2 Å². The fourth-order valence-corrected chi connectivity index (χ4v) is 0.546. The molecule has 0 aliphatic rings. The Kier molecular flexibility index (Phi) is 4.54. The maximum Gasteiger partial charge on any atom is 0.466 e. The maximum absolute atomic E-state index is 12.7. The Balaban J connectivity index is 4.92. The second kappa shape index (κ2) is 5.06. The van der Waals surface area contributed by atoms with Gasteiger partial charge in [-0.05, 0) is 0 Å². The number of carbonyl (C=O) groups is 2. The van der Waals surface area contributed by atoms with E-state index in [1.54, 1.807) is 0 Å². The summed E-state index contributed by atoms with van der Waals surface area (Å²) >= 11 is 0. The molecule has 0 aliphatic heterocycles. The van der Waals surface area contributed by atoms with Crippen LogP contribution in [0.25, 0.3) is 0 Å². The van der Waals surface area contributed by atoms with Gasteiger partial charge in [0.05, 0.1) is 0 Å². The summed E-state index contributed by atoms with van der Waals surface area (Å²) in [5.74, 6) is -9.43. The van der Waals surface area contributed by atoms with Gasteiger partial charge in [0, 0.05) is 12.2 Å². The molecule has 0 spiro atoms. The predicted octanol–water partition coefficient (Wildman–Crippen LogP) is 1.66. The molecule has 0 aromatic rings. The molecule has 0 bridgehead atoms. The zero-order valence-electron chi connectivity index (χ0n) is 7.67. The van der Waals surface area contributed by atoms with Crippen LogP contribution in [0.4, 0.5) is 26.3 Å². The summed E-state index contributed by atoms with van der Waals surface area (Å²) in [5, 5.41) is 7.97. The van der Waals surface area contributed by atoms with Gasteiger partial charge in [0.15, 0.2) is 0 Å². The van der Waals surface area contributed by atoms with Crippen molar-refractivity contribution in [3.05, 3.63) is 12.2 Å². The Labute approximate surface area is 89.5 Å². The number of halogens is 6. The minimum absolute atomic E-state index is 0.00456. The lowest BCUT2D eigenvalue weighted by Crippen LogP contribution is -2.50. The topological polar surface area (TPSA) is 63.6 Å². The summed E-state index contributed by atoms with van der Waals surface area (Å²) in [6, 6.07) is 0. The van der Waals surface area contributed by atoms with Crippen LogP contribution in [0.5, 0.6) is 0 Å². The van der Waals surface area contributed by atoms with Crippen molar-refractivity contribution in [2.75, 3.05) is 0 Å². The van der Waals surface area contributed by atoms with E-state index in [0.717, 1.165) is 0 Å². The van der Waals surface area contributed by atoms with Crippen LogP contribution in [0, 0.1) is 0 Å². The van der Waals surface area contributed by atoms with Crippen LogP contribution in [0.15, 0.2) is 12.2 Å². The van der Waals surface area contributed by atoms with Gasteiger partial charge < -0.3 is 9.84 Å². The first-order valence-electron chi connectivity index (χ1n) is 3.68. The van der Waals surface area contributed by atoms with Gasteiger partial charge in [0.2, 0.25) is 0 Å². The molecule has 1 atom stereocenters. The van der Waals surface area contributed by atoms with E-state index in [4.69, 9.17) is 5.11 Å². The van der Waals surface area contributed by atoms with Crippen molar-refractivity contribution in [2.24, 2.45) is 0 Å². The molecule has 10 heteroatoms. The van der Waals surface area contributed by atoms with E-state index < -0.39 is 30.4 Å². The fourth-order valence-electron chi connectivity index (χ4n) is 0.546. The second-order valence-electron chi connectivity index (χ2n) is 2.54. The van der Waals surface area contributed by atoms with E-state index in [1.807, 2.05) is 0 Å². The molecule has 0 rings (SSSR count). The normalized spacial score (nSPS) is 15.9. The van der Waals surface area contributed by atoms with Crippen molar-refractivity contribution >= 4 is 11.9 Å². The molecule has 0 fully saturated rings. The molecule has 0 radical (unpaired) electrons. The molecule has 17 heavy (non-hydrogen) atoms. The Hall–Kier alpha value is -1.74. The van der Waals surface area contributed by atoms with E-state index in [1.165, 1.54) is 0 Å². The molecular formula is C7H4F6O4. The minimum atomic E-state index is -6.14. The van der Waals surface area contributed by atoms with Gasteiger partial charge in [0.25, 0.3) is 0 Å². The maximum atomic E-state index is 12.7. The SMILES string of the molecule is O=C(O)C=CC(=O)OC(F)(C(F)F)C(F)(F)F. The van der Waals surface area contributed by atoms with Crippen LogP contribution in [-0.4, -0.2) is 35.5 Å². The lowest BCUT2D eigenvalue weighted by atomic mass is 10.3. The summed E-state index contributed by atoms with van der Waals surface area (Å²) in [5.41, 5.74) is 0. The number of ether oxygens (including phenoxy) is 1. The second-order valence-corrected chi connectivity index (χ2v) is 2.54. The minimum Gasteiger partial charge on any atom is -0.478 e. The van der Waals surface area contributed by atoms with Gasteiger partial charge in [-0.25, -0.2) is 18.4 Å². The number of hydrogen-bond donors (Lipinski definition) is 1. The number of hydrogen-bond acceptors (Lipinski definition) is 3. The Morgan fingerprint density at radius 3 is 1.88 bits per heavy atom. The quantitative estimate of drug-likeness (QED) is 0.477. The summed E-state index contributed by atoms with van der Waals surface area (Å²) in [6.07, 6.45) is -10.9. The Morgan fingerprint density at radius 1 is 1.12 bits per heavy atom. The number of rotatable bonds is 4. The van der Waals surface area contributed by atoms with Crippen molar-refractivity contribution in [1.82, 2.24) is 0 Å². The highest BCUT2D eigenvalue weighted by Gasteiger charge is 2.66. The average molecular weight is 266 g/mol. The summed E-state index contributed by atoms with van der Waals surface area (Å²) in [7, 11) is 0. The van der Waals surface area contributed by atoms with E-state index in [9.17, 15) is 35.9 Å². The molecule has 0 saturated carbocycles. The van der Waals surface area contributed by atoms with Gasteiger partial charge in [-0.3, -0.25) is 0 Å². The number of carboxylic acid groups (broad SMARTS) is 1. The van der Waals surface area contributed by atoms with Crippen LogP contribution < -0.4 is 0 Å². The molecule has 0 aromatic carbocycles. The third kappa shape index (κ3) is 3.96. The smallest absolute Gasteiger partial charge is 0.466 e. The zero-order chi connectivity index (χ0) is 13.9. The Morgan fingerprint density at radius 2 is 1.59 bits per heavy atom. The predicted molar refractivity (Wildman–Crippen MR) is 38.8 cm³/mol. The number of alkyl halides is 6. The summed E-state index contributed by atoms with van der Waals surface area (Å²) in [4.78, 5) is 20.3. The van der Waals surface area contributed by atoms with Gasteiger partial charge in [0.1, 0.15) is 0 Å². The highest BCUT2D eigenvalue weighted by molar-refractivity contribution is 5.90. The van der Waals surface area contributed by atoms with Crippen molar-refractivity contribution < 1.29 is 45.8 Å². The third-order valence-corrected chi connectivity index (χ3v) is 1.28. The molecule has 0 aliphatic carbocycles. The number of esters is 1. The molecule has 1 N–H and O–H groups in total. The molecule has 4 nitrogen and oxygen atoms in total. The highest BCUT2D eigenvalue weighted by atomic mass is 19.4. The van der Waals surface area contributed by atoms with Crippen LogP contribution in [-0.2, 0) is 14.3 Å². The first kappa shape index (κ1) is 15.3. The molecular weight excluding hydrogens is 262 g/mol. The molecule has 1 unspecified atom stereocenters. The van der Waals surface area contributed by atoms with Gasteiger partial charge in [-0.15, -0.1) is 0 Å². The highest BCUT2D eigenvalue weighted by Crippen LogP contribution is 2.39. The zero-order valence-corrected chi connectivity index (χ0v) is 7.67. The fraction of sp³-hybridized carbons (Fsp3) is 0.429. The number of aliphatic carboxylic acids is 1. The van der Waals surface area contributed by atoms with E-state index >= 15 is 0 Å². The van der Waals surface area contributed by atoms with Crippen LogP contribution >= 0.6 is 0 Å². The number of carbonyl (C=O) groups excluding carboxylic acids is 1. The largest absolute Gasteiger partial charge is 0.478 e. The van der Waals surface area contributed by atoms with Crippen molar-refractivity contribution in [2.45, 2.75) is 18.5 Å². The first-order chi connectivity index (χ1) is 7.50. The first-order valence-corrected chi connectivity index (χ1v) is 3.68. The van der Waals surface area contributed by atoms with Gasteiger partial charge in [-0.1, -0.05) is 0 Å². The molecule has 0 aromatic heterocycles. The Bertz CT molecular complexity index is 336.